The third-order valence-electron chi connectivity index (χ3n) is 1.90. The van der Waals surface area contributed by atoms with Crippen LogP contribution in [0.25, 0.3) is 17.0 Å². The summed E-state index contributed by atoms with van der Waals surface area (Å²) in [6, 6.07) is 8.15. The molecule has 1 heteroatoms. The molecule has 0 fully saturated rings. The highest BCUT2D eigenvalue weighted by molar-refractivity contribution is 5.80. The Hall–Kier alpha value is -1.50. The molecule has 0 aliphatic rings. The molecule has 2 rings (SSSR count). The van der Waals surface area contributed by atoms with Gasteiger partial charge >= 0.3 is 0 Å². The average molecular weight is 158 g/mol. The van der Waals surface area contributed by atoms with Crippen molar-refractivity contribution in [3.63, 3.8) is 0 Å². The number of aryl methyl sites for hydroxylation is 1. The molecule has 0 amide bonds. The number of furan rings is 1. The van der Waals surface area contributed by atoms with Gasteiger partial charge in [0.2, 0.25) is 0 Å². The molecule has 60 valence electrons. The van der Waals surface area contributed by atoms with Gasteiger partial charge in [0.1, 0.15) is 11.3 Å². The van der Waals surface area contributed by atoms with E-state index in [0.29, 0.717) is 0 Å². The van der Waals surface area contributed by atoms with E-state index in [1.165, 1.54) is 5.56 Å². The first-order chi connectivity index (χ1) is 5.79. The van der Waals surface area contributed by atoms with Crippen molar-refractivity contribution in [2.75, 3.05) is 0 Å². The van der Waals surface area contributed by atoms with Crippen LogP contribution in [-0.2, 0) is 0 Å². The van der Waals surface area contributed by atoms with Crippen molar-refractivity contribution in [3.8, 4) is 0 Å². The number of rotatable bonds is 1. The SMILES string of the molecule is C=Cc1cc2ccc(C)cc2o1. The van der Waals surface area contributed by atoms with E-state index in [0.717, 1.165) is 16.7 Å². The van der Waals surface area contributed by atoms with Gasteiger partial charge in [-0.05, 0) is 30.7 Å². The van der Waals surface area contributed by atoms with Crippen LogP contribution in [0, 0.1) is 6.92 Å². The van der Waals surface area contributed by atoms with E-state index in [1.807, 2.05) is 12.1 Å². The van der Waals surface area contributed by atoms with E-state index in [9.17, 15) is 0 Å². The molecule has 0 radical (unpaired) electrons. The molecule has 0 aliphatic heterocycles. The topological polar surface area (TPSA) is 13.1 Å². The zero-order chi connectivity index (χ0) is 8.55. The highest BCUT2D eigenvalue weighted by Crippen LogP contribution is 2.20. The van der Waals surface area contributed by atoms with Gasteiger partial charge in [0.25, 0.3) is 0 Å². The smallest absolute Gasteiger partial charge is 0.135 e. The summed E-state index contributed by atoms with van der Waals surface area (Å²) in [4.78, 5) is 0. The Labute approximate surface area is 71.3 Å². The second-order valence-electron chi connectivity index (χ2n) is 2.89. The fraction of sp³-hybridized carbons (Fsp3) is 0.0909. The molecule has 0 saturated heterocycles. The van der Waals surface area contributed by atoms with Crippen LogP contribution in [0.3, 0.4) is 0 Å². The Balaban J connectivity index is 2.75. The van der Waals surface area contributed by atoms with Crippen molar-refractivity contribution in [1.29, 1.82) is 0 Å². The van der Waals surface area contributed by atoms with Gasteiger partial charge < -0.3 is 4.42 Å². The summed E-state index contributed by atoms with van der Waals surface area (Å²) in [6.45, 7) is 5.71. The van der Waals surface area contributed by atoms with E-state index in [-0.39, 0.29) is 0 Å². The molecule has 0 N–H and O–H groups in total. The van der Waals surface area contributed by atoms with Crippen molar-refractivity contribution in [3.05, 3.63) is 42.2 Å². The second kappa shape index (κ2) is 2.52. The number of benzene rings is 1. The summed E-state index contributed by atoms with van der Waals surface area (Å²) >= 11 is 0. The van der Waals surface area contributed by atoms with Crippen LogP contribution in [0.15, 0.2) is 35.3 Å². The fourth-order valence-electron chi connectivity index (χ4n) is 1.26. The standard InChI is InChI=1S/C11H10O/c1-3-10-7-9-5-4-8(2)6-11(9)12-10/h3-7H,1H2,2H3. The van der Waals surface area contributed by atoms with Gasteiger partial charge in [-0.1, -0.05) is 18.7 Å². The maximum Gasteiger partial charge on any atom is 0.135 e. The van der Waals surface area contributed by atoms with Gasteiger partial charge in [0.15, 0.2) is 0 Å². The third kappa shape index (κ3) is 1.03. The maximum absolute atomic E-state index is 5.48. The van der Waals surface area contributed by atoms with Gasteiger partial charge in [-0.25, -0.2) is 0 Å². The predicted octanol–water partition coefficient (Wildman–Crippen LogP) is 3.38. The molecule has 2 aromatic rings. The zero-order valence-corrected chi connectivity index (χ0v) is 7.00. The van der Waals surface area contributed by atoms with E-state index in [1.54, 1.807) is 6.08 Å². The van der Waals surface area contributed by atoms with Gasteiger partial charge in [-0.3, -0.25) is 0 Å². The lowest BCUT2D eigenvalue weighted by Gasteiger charge is -1.89. The van der Waals surface area contributed by atoms with Gasteiger partial charge in [-0.2, -0.15) is 0 Å². The van der Waals surface area contributed by atoms with E-state index >= 15 is 0 Å². The number of hydrogen-bond donors (Lipinski definition) is 0. The molecular formula is C11H10O. The molecule has 1 aromatic heterocycles. The van der Waals surface area contributed by atoms with Crippen LogP contribution >= 0.6 is 0 Å². The van der Waals surface area contributed by atoms with Gasteiger partial charge in [0, 0.05) is 5.39 Å². The van der Waals surface area contributed by atoms with Crippen molar-refractivity contribution in [2.45, 2.75) is 6.92 Å². The largest absolute Gasteiger partial charge is 0.457 e. The summed E-state index contributed by atoms with van der Waals surface area (Å²) in [7, 11) is 0. The minimum Gasteiger partial charge on any atom is -0.457 e. The molecule has 12 heavy (non-hydrogen) atoms. The Morgan fingerprint density at radius 3 is 2.92 bits per heavy atom. The van der Waals surface area contributed by atoms with Crippen LogP contribution < -0.4 is 0 Å². The van der Waals surface area contributed by atoms with Crippen molar-refractivity contribution in [1.82, 2.24) is 0 Å². The number of hydrogen-bond acceptors (Lipinski definition) is 1. The molecule has 0 unspecified atom stereocenters. The summed E-state index contributed by atoms with van der Waals surface area (Å²) in [5.41, 5.74) is 2.15. The van der Waals surface area contributed by atoms with Crippen LogP contribution in [0.2, 0.25) is 0 Å². The van der Waals surface area contributed by atoms with Crippen LogP contribution in [0.1, 0.15) is 11.3 Å². The lowest BCUT2D eigenvalue weighted by atomic mass is 10.2. The Morgan fingerprint density at radius 1 is 1.33 bits per heavy atom. The molecular weight excluding hydrogens is 148 g/mol. The summed E-state index contributed by atoms with van der Waals surface area (Å²) in [5, 5.41) is 1.13. The molecule has 0 atom stereocenters. The van der Waals surface area contributed by atoms with Gasteiger partial charge in [0.05, 0.1) is 0 Å². The highest BCUT2D eigenvalue weighted by Gasteiger charge is 1.99. The number of fused-ring (bicyclic) bond motifs is 1. The van der Waals surface area contributed by atoms with Crippen molar-refractivity contribution >= 4 is 17.0 Å². The van der Waals surface area contributed by atoms with Crippen molar-refractivity contribution < 1.29 is 4.42 Å². The lowest BCUT2D eigenvalue weighted by Crippen LogP contribution is -1.67. The average Bonchev–Trinajstić information content (AvgIpc) is 2.46. The normalized spacial score (nSPS) is 10.4. The quantitative estimate of drug-likeness (QED) is 0.620. The molecule has 0 bridgehead atoms. The van der Waals surface area contributed by atoms with Crippen LogP contribution in [0.4, 0.5) is 0 Å². The minimum absolute atomic E-state index is 0.829. The first-order valence-corrected chi connectivity index (χ1v) is 3.92. The predicted molar refractivity (Wildman–Crippen MR) is 51.0 cm³/mol. The summed E-state index contributed by atoms with van der Waals surface area (Å²) < 4.78 is 5.48. The third-order valence-corrected chi connectivity index (χ3v) is 1.90. The zero-order valence-electron chi connectivity index (χ0n) is 7.00. The second-order valence-corrected chi connectivity index (χ2v) is 2.89. The molecule has 0 aliphatic carbocycles. The maximum atomic E-state index is 5.48. The first kappa shape index (κ1) is 7.17. The molecule has 0 saturated carbocycles. The van der Waals surface area contributed by atoms with Crippen LogP contribution in [-0.4, -0.2) is 0 Å². The first-order valence-electron chi connectivity index (χ1n) is 3.92. The van der Waals surface area contributed by atoms with E-state index in [2.05, 4.69) is 25.6 Å². The monoisotopic (exact) mass is 158 g/mol. The van der Waals surface area contributed by atoms with Crippen molar-refractivity contribution in [2.24, 2.45) is 0 Å². The molecule has 0 spiro atoms. The Kier molecular flexibility index (Phi) is 1.51. The minimum atomic E-state index is 0.829. The summed E-state index contributed by atoms with van der Waals surface area (Å²) in [5.74, 6) is 0.829. The Bertz CT molecular complexity index is 423. The molecule has 1 aromatic carbocycles. The summed E-state index contributed by atoms with van der Waals surface area (Å²) in [6.07, 6.45) is 1.72. The van der Waals surface area contributed by atoms with Crippen LogP contribution in [0.5, 0.6) is 0 Å². The van der Waals surface area contributed by atoms with E-state index in [4.69, 9.17) is 4.42 Å². The van der Waals surface area contributed by atoms with Gasteiger partial charge in [-0.15, -0.1) is 0 Å². The highest BCUT2D eigenvalue weighted by atomic mass is 16.3. The fourth-order valence-corrected chi connectivity index (χ4v) is 1.26. The van der Waals surface area contributed by atoms with E-state index < -0.39 is 0 Å². The lowest BCUT2D eigenvalue weighted by molar-refractivity contribution is 0.604. The molecule has 1 nitrogen and oxygen atoms in total. The Morgan fingerprint density at radius 2 is 2.17 bits per heavy atom. The molecule has 1 heterocycles.